The van der Waals surface area contributed by atoms with Crippen LogP contribution >= 0.6 is 0 Å². The molecule has 0 saturated carbocycles. The van der Waals surface area contributed by atoms with Crippen LogP contribution in [0.4, 0.5) is 0 Å². The van der Waals surface area contributed by atoms with Crippen LogP contribution in [0.5, 0.6) is 0 Å². The number of carbonyl (C=O) groups is 1. The van der Waals surface area contributed by atoms with Crippen LogP contribution in [-0.2, 0) is 16.1 Å². The second kappa shape index (κ2) is 6.09. The van der Waals surface area contributed by atoms with Crippen molar-refractivity contribution in [3.05, 3.63) is 5.82 Å². The van der Waals surface area contributed by atoms with Crippen LogP contribution in [0.25, 0.3) is 0 Å². The Bertz CT molecular complexity index is 495. The van der Waals surface area contributed by atoms with Crippen molar-refractivity contribution < 1.29 is 14.6 Å². The lowest BCUT2D eigenvalue weighted by Gasteiger charge is -2.23. The molecular weight excluding hydrogens is 272 g/mol. The van der Waals surface area contributed by atoms with Gasteiger partial charge in [-0.25, -0.2) is 4.68 Å². The molecule has 1 aromatic heterocycles. The number of carboxylic acids is 1. The van der Waals surface area contributed by atoms with Crippen molar-refractivity contribution in [3.8, 4) is 0 Å². The van der Waals surface area contributed by atoms with Gasteiger partial charge in [0.15, 0.2) is 5.82 Å². The maximum Gasteiger partial charge on any atom is 0.308 e. The topological polar surface area (TPSA) is 90.1 Å². The fraction of sp³-hybridized carbons (Fsp3) is 0.857. The largest absolute Gasteiger partial charge is 0.481 e. The van der Waals surface area contributed by atoms with E-state index in [1.54, 1.807) is 4.68 Å². The summed E-state index contributed by atoms with van der Waals surface area (Å²) in [4.78, 5) is 11.5. The van der Waals surface area contributed by atoms with Gasteiger partial charge >= 0.3 is 5.97 Å². The maximum absolute atomic E-state index is 11.5. The van der Waals surface area contributed by atoms with Gasteiger partial charge in [0.25, 0.3) is 0 Å². The number of hydrogen-bond donors (Lipinski definition) is 1. The van der Waals surface area contributed by atoms with Gasteiger partial charge in [0.2, 0.25) is 0 Å². The van der Waals surface area contributed by atoms with Crippen molar-refractivity contribution in [3.63, 3.8) is 0 Å². The zero-order valence-electron chi connectivity index (χ0n) is 13.1. The smallest absolute Gasteiger partial charge is 0.308 e. The summed E-state index contributed by atoms with van der Waals surface area (Å²) in [5.74, 6) is -0.683. The number of aromatic nitrogens is 4. The summed E-state index contributed by atoms with van der Waals surface area (Å²) in [7, 11) is 0. The summed E-state index contributed by atoms with van der Waals surface area (Å²) in [6, 6.07) is 0. The number of aliphatic carboxylic acids is 1. The Morgan fingerprint density at radius 1 is 1.48 bits per heavy atom. The molecule has 0 aliphatic carbocycles. The van der Waals surface area contributed by atoms with Crippen molar-refractivity contribution in [1.29, 1.82) is 0 Å². The van der Waals surface area contributed by atoms with Crippen LogP contribution in [0.1, 0.15) is 58.9 Å². The SMILES string of the molecule is CC1CCC(c2nnnn2CC(CC(C)(C)C)C(=O)O)O1. The first kappa shape index (κ1) is 15.9. The maximum atomic E-state index is 11.5. The second-order valence-corrected chi connectivity index (χ2v) is 7.03. The molecule has 21 heavy (non-hydrogen) atoms. The van der Waals surface area contributed by atoms with E-state index in [0.717, 1.165) is 12.8 Å². The van der Waals surface area contributed by atoms with Gasteiger partial charge in [-0.3, -0.25) is 4.79 Å². The van der Waals surface area contributed by atoms with Crippen LogP contribution in [0, 0.1) is 11.3 Å². The fourth-order valence-electron chi connectivity index (χ4n) is 2.74. The fourth-order valence-corrected chi connectivity index (χ4v) is 2.74. The predicted molar refractivity (Wildman–Crippen MR) is 75.5 cm³/mol. The predicted octanol–water partition coefficient (Wildman–Crippen LogP) is 2.05. The van der Waals surface area contributed by atoms with Gasteiger partial charge in [-0.05, 0) is 42.0 Å². The first-order chi connectivity index (χ1) is 9.76. The van der Waals surface area contributed by atoms with E-state index in [9.17, 15) is 9.90 Å². The Hall–Kier alpha value is -1.50. The lowest BCUT2D eigenvalue weighted by atomic mass is 9.84. The van der Waals surface area contributed by atoms with Crippen LogP contribution in [-0.4, -0.2) is 37.4 Å². The van der Waals surface area contributed by atoms with E-state index in [1.165, 1.54) is 0 Å². The lowest BCUT2D eigenvalue weighted by Crippen LogP contribution is -2.27. The van der Waals surface area contributed by atoms with Crippen molar-refractivity contribution in [2.75, 3.05) is 0 Å². The highest BCUT2D eigenvalue weighted by Crippen LogP contribution is 2.32. The third kappa shape index (κ3) is 4.23. The van der Waals surface area contributed by atoms with Crippen LogP contribution in [0.2, 0.25) is 0 Å². The van der Waals surface area contributed by atoms with E-state index in [-0.39, 0.29) is 24.2 Å². The minimum absolute atomic E-state index is 0.0599. The van der Waals surface area contributed by atoms with Gasteiger partial charge in [0, 0.05) is 0 Å². The van der Waals surface area contributed by atoms with Crippen molar-refractivity contribution in [2.45, 2.75) is 65.7 Å². The molecule has 0 bridgehead atoms. The molecule has 7 nitrogen and oxygen atoms in total. The molecule has 1 aliphatic heterocycles. The molecule has 0 aromatic carbocycles. The third-order valence-electron chi connectivity index (χ3n) is 3.68. The number of rotatable bonds is 5. The highest BCUT2D eigenvalue weighted by molar-refractivity contribution is 5.69. The van der Waals surface area contributed by atoms with E-state index < -0.39 is 11.9 Å². The second-order valence-electron chi connectivity index (χ2n) is 7.03. The Morgan fingerprint density at radius 3 is 2.71 bits per heavy atom. The zero-order valence-corrected chi connectivity index (χ0v) is 13.1. The van der Waals surface area contributed by atoms with Crippen molar-refractivity contribution in [1.82, 2.24) is 20.2 Å². The number of carboxylic acid groups (broad SMARTS) is 1. The first-order valence-electron chi connectivity index (χ1n) is 7.40. The molecule has 1 aromatic rings. The standard InChI is InChI=1S/C14H24N4O3/c1-9-5-6-11(21-9)12-15-16-17-18(12)8-10(13(19)20)7-14(2,3)4/h9-11H,5-8H2,1-4H3,(H,19,20). The molecule has 118 valence electrons. The first-order valence-corrected chi connectivity index (χ1v) is 7.40. The molecule has 2 rings (SSSR count). The van der Waals surface area contributed by atoms with E-state index in [0.29, 0.717) is 12.2 Å². The quantitative estimate of drug-likeness (QED) is 0.894. The van der Waals surface area contributed by atoms with Crippen molar-refractivity contribution >= 4 is 5.97 Å². The van der Waals surface area contributed by atoms with Crippen LogP contribution < -0.4 is 0 Å². The monoisotopic (exact) mass is 296 g/mol. The van der Waals surface area contributed by atoms with Crippen LogP contribution in [0.3, 0.4) is 0 Å². The lowest BCUT2D eigenvalue weighted by molar-refractivity contribution is -0.143. The number of ether oxygens (including phenoxy) is 1. The zero-order chi connectivity index (χ0) is 15.6. The molecule has 1 fully saturated rings. The summed E-state index contributed by atoms with van der Waals surface area (Å²) < 4.78 is 7.37. The Morgan fingerprint density at radius 2 is 2.19 bits per heavy atom. The summed E-state index contributed by atoms with van der Waals surface area (Å²) in [5, 5.41) is 21.1. The van der Waals surface area contributed by atoms with E-state index in [1.807, 2.05) is 27.7 Å². The Kier molecular flexibility index (Phi) is 4.61. The summed E-state index contributed by atoms with van der Waals surface area (Å²) in [5.41, 5.74) is -0.0599. The molecular formula is C14H24N4O3. The van der Waals surface area contributed by atoms with Crippen LogP contribution in [0.15, 0.2) is 0 Å². The van der Waals surface area contributed by atoms with Gasteiger partial charge in [-0.15, -0.1) is 5.10 Å². The van der Waals surface area contributed by atoms with E-state index in [2.05, 4.69) is 15.5 Å². The molecule has 0 radical (unpaired) electrons. The number of nitrogens with zero attached hydrogens (tertiary/aromatic N) is 4. The Labute approximate surface area is 124 Å². The molecule has 0 spiro atoms. The third-order valence-corrected chi connectivity index (χ3v) is 3.68. The minimum Gasteiger partial charge on any atom is -0.481 e. The minimum atomic E-state index is -0.813. The van der Waals surface area contributed by atoms with Gasteiger partial charge in [-0.1, -0.05) is 20.8 Å². The molecule has 1 N–H and O–H groups in total. The normalized spacial score (nSPS) is 24.2. The average molecular weight is 296 g/mol. The highest BCUT2D eigenvalue weighted by atomic mass is 16.5. The molecule has 1 aliphatic rings. The number of tetrazole rings is 1. The molecule has 1 saturated heterocycles. The summed E-state index contributed by atoms with van der Waals surface area (Å²) >= 11 is 0. The molecule has 7 heteroatoms. The summed E-state index contributed by atoms with van der Waals surface area (Å²) in [6.07, 6.45) is 2.49. The van der Waals surface area contributed by atoms with E-state index >= 15 is 0 Å². The highest BCUT2D eigenvalue weighted by Gasteiger charge is 2.31. The van der Waals surface area contributed by atoms with Gasteiger partial charge in [-0.2, -0.15) is 0 Å². The Balaban J connectivity index is 2.11. The molecule has 0 amide bonds. The van der Waals surface area contributed by atoms with E-state index in [4.69, 9.17) is 4.74 Å². The van der Waals surface area contributed by atoms with Crippen molar-refractivity contribution in [2.24, 2.45) is 11.3 Å². The van der Waals surface area contributed by atoms with Gasteiger partial charge in [0.1, 0.15) is 6.10 Å². The molecule has 3 unspecified atom stereocenters. The van der Waals surface area contributed by atoms with Gasteiger partial charge < -0.3 is 9.84 Å². The molecule has 3 atom stereocenters. The average Bonchev–Trinajstić information content (AvgIpc) is 2.95. The van der Waals surface area contributed by atoms with Gasteiger partial charge in [0.05, 0.1) is 18.6 Å². The molecule has 2 heterocycles. The number of hydrogen-bond acceptors (Lipinski definition) is 5. The summed E-state index contributed by atoms with van der Waals surface area (Å²) in [6.45, 7) is 8.40.